The third kappa shape index (κ3) is 2.43. The quantitative estimate of drug-likeness (QED) is 0.796. The van der Waals surface area contributed by atoms with E-state index in [2.05, 4.69) is 4.98 Å². The Labute approximate surface area is 90.9 Å². The summed E-state index contributed by atoms with van der Waals surface area (Å²) in [5.41, 5.74) is -0.689. The lowest BCUT2D eigenvalue weighted by molar-refractivity contribution is -0.141. The van der Waals surface area contributed by atoms with Crippen LogP contribution in [-0.4, -0.2) is 16.1 Å². The first-order chi connectivity index (χ1) is 7.66. The molecule has 94 valence electrons. The normalized spacial score (nSPS) is 11.9. The zero-order valence-electron chi connectivity index (χ0n) is 7.92. The molecule has 17 heavy (non-hydrogen) atoms. The molecular weight excluding hydrogens is 251 g/mol. The molecule has 0 saturated heterocycles. The Kier molecular flexibility index (Phi) is 3.21. The van der Waals surface area contributed by atoms with Crippen LogP contribution < -0.4 is 5.73 Å². The SMILES string of the molecule is Nc1cnc(C(F)(F)F)c(C(=O)O)c1C(F)F. The molecular formula is C8H5F5N2O2. The van der Waals surface area contributed by atoms with E-state index in [4.69, 9.17) is 10.8 Å². The van der Waals surface area contributed by atoms with Crippen molar-refractivity contribution in [3.63, 3.8) is 0 Å². The van der Waals surface area contributed by atoms with E-state index in [1.165, 1.54) is 0 Å². The van der Waals surface area contributed by atoms with E-state index >= 15 is 0 Å². The molecule has 0 saturated carbocycles. The summed E-state index contributed by atoms with van der Waals surface area (Å²) >= 11 is 0. The molecule has 0 fully saturated rings. The Morgan fingerprint density at radius 3 is 2.29 bits per heavy atom. The van der Waals surface area contributed by atoms with Gasteiger partial charge >= 0.3 is 12.1 Å². The fourth-order valence-electron chi connectivity index (χ4n) is 1.21. The summed E-state index contributed by atoms with van der Waals surface area (Å²) in [6.45, 7) is 0. The molecule has 0 atom stereocenters. The number of nitrogen functional groups attached to an aromatic ring is 1. The van der Waals surface area contributed by atoms with Gasteiger partial charge in [0.05, 0.1) is 17.4 Å². The fourth-order valence-corrected chi connectivity index (χ4v) is 1.21. The fraction of sp³-hybridized carbons (Fsp3) is 0.250. The first-order valence-corrected chi connectivity index (χ1v) is 4.03. The number of carbonyl (C=O) groups is 1. The third-order valence-electron chi connectivity index (χ3n) is 1.85. The lowest BCUT2D eigenvalue weighted by atomic mass is 10.0. The molecule has 1 aromatic heterocycles. The van der Waals surface area contributed by atoms with Crippen molar-refractivity contribution in [2.24, 2.45) is 0 Å². The van der Waals surface area contributed by atoms with Crippen LogP contribution in [0, 0.1) is 0 Å². The van der Waals surface area contributed by atoms with Gasteiger partial charge in [-0.05, 0) is 0 Å². The van der Waals surface area contributed by atoms with Crippen molar-refractivity contribution in [2.75, 3.05) is 5.73 Å². The maximum Gasteiger partial charge on any atom is 0.434 e. The topological polar surface area (TPSA) is 76.2 Å². The molecule has 0 unspecified atom stereocenters. The largest absolute Gasteiger partial charge is 0.478 e. The summed E-state index contributed by atoms with van der Waals surface area (Å²) in [5, 5.41) is 8.55. The van der Waals surface area contributed by atoms with Crippen molar-refractivity contribution < 1.29 is 31.9 Å². The average molecular weight is 256 g/mol. The van der Waals surface area contributed by atoms with Crippen LogP contribution >= 0.6 is 0 Å². The molecule has 1 aromatic rings. The summed E-state index contributed by atoms with van der Waals surface area (Å²) in [4.78, 5) is 13.4. The van der Waals surface area contributed by atoms with Gasteiger partial charge < -0.3 is 10.8 Å². The van der Waals surface area contributed by atoms with Gasteiger partial charge in [-0.3, -0.25) is 0 Å². The number of hydrogen-bond acceptors (Lipinski definition) is 3. The van der Waals surface area contributed by atoms with Gasteiger partial charge in [0.1, 0.15) is 5.56 Å². The summed E-state index contributed by atoms with van der Waals surface area (Å²) in [5.74, 6) is -2.16. The molecule has 3 N–H and O–H groups in total. The van der Waals surface area contributed by atoms with Gasteiger partial charge in [-0.25, -0.2) is 18.6 Å². The highest BCUT2D eigenvalue weighted by atomic mass is 19.4. The number of carboxylic acids is 1. The second kappa shape index (κ2) is 4.15. The van der Waals surface area contributed by atoms with E-state index in [1.54, 1.807) is 0 Å². The molecule has 0 bridgehead atoms. The highest BCUT2D eigenvalue weighted by Gasteiger charge is 2.40. The minimum atomic E-state index is -5.15. The number of anilines is 1. The molecule has 0 aromatic carbocycles. The number of rotatable bonds is 2. The monoisotopic (exact) mass is 256 g/mol. The summed E-state index contributed by atoms with van der Waals surface area (Å²) < 4.78 is 62.1. The number of carboxylic acid groups (broad SMARTS) is 1. The Balaban J connectivity index is 3.66. The molecule has 0 aliphatic heterocycles. The van der Waals surface area contributed by atoms with Crippen LogP contribution in [0.5, 0.6) is 0 Å². The van der Waals surface area contributed by atoms with E-state index in [-0.39, 0.29) is 0 Å². The van der Waals surface area contributed by atoms with Gasteiger partial charge in [-0.1, -0.05) is 0 Å². The first kappa shape index (κ1) is 13.1. The Hall–Kier alpha value is -1.93. The number of nitrogens with zero attached hydrogens (tertiary/aromatic N) is 1. The standard InChI is InChI=1S/C8H5F5N2O2/c9-6(10)3-2(14)1-15-5(8(11,12)13)4(3)7(16)17/h1,6H,14H2,(H,16,17). The summed E-state index contributed by atoms with van der Waals surface area (Å²) in [6.07, 6.45) is -8.23. The zero-order chi connectivity index (χ0) is 13.4. The molecule has 0 spiro atoms. The third-order valence-corrected chi connectivity index (χ3v) is 1.85. The van der Waals surface area contributed by atoms with Crippen molar-refractivity contribution in [2.45, 2.75) is 12.6 Å². The van der Waals surface area contributed by atoms with Crippen LogP contribution in [0.3, 0.4) is 0 Å². The first-order valence-electron chi connectivity index (χ1n) is 4.03. The van der Waals surface area contributed by atoms with Crippen LogP contribution in [0.25, 0.3) is 0 Å². The molecule has 1 heterocycles. The molecule has 0 aliphatic carbocycles. The zero-order valence-corrected chi connectivity index (χ0v) is 7.92. The smallest absolute Gasteiger partial charge is 0.434 e. The van der Waals surface area contributed by atoms with E-state index in [1.807, 2.05) is 0 Å². The number of hydrogen-bond donors (Lipinski definition) is 2. The van der Waals surface area contributed by atoms with E-state index in [0.29, 0.717) is 6.20 Å². The minimum absolute atomic E-state index is 0.358. The number of alkyl halides is 5. The Bertz CT molecular complexity index is 458. The predicted molar refractivity (Wildman–Crippen MR) is 45.6 cm³/mol. The average Bonchev–Trinajstić information content (AvgIpc) is 2.14. The molecule has 1 rings (SSSR count). The van der Waals surface area contributed by atoms with Crippen LogP contribution in [-0.2, 0) is 6.18 Å². The lowest BCUT2D eigenvalue weighted by Crippen LogP contribution is -2.19. The van der Waals surface area contributed by atoms with Gasteiger partial charge in [-0.2, -0.15) is 13.2 Å². The van der Waals surface area contributed by atoms with Gasteiger partial charge in [-0.15, -0.1) is 0 Å². The number of pyridine rings is 1. The van der Waals surface area contributed by atoms with Crippen molar-refractivity contribution >= 4 is 11.7 Å². The van der Waals surface area contributed by atoms with Gasteiger partial charge in [0, 0.05) is 0 Å². The highest BCUT2D eigenvalue weighted by Crippen LogP contribution is 2.37. The molecule has 4 nitrogen and oxygen atoms in total. The molecule has 0 radical (unpaired) electrons. The predicted octanol–water partition coefficient (Wildman–Crippen LogP) is 2.32. The van der Waals surface area contributed by atoms with Gasteiger partial charge in [0.2, 0.25) is 0 Å². The lowest BCUT2D eigenvalue weighted by Gasteiger charge is -2.14. The number of nitrogens with two attached hydrogens (primary N) is 1. The van der Waals surface area contributed by atoms with E-state index < -0.39 is 41.1 Å². The van der Waals surface area contributed by atoms with Gasteiger partial charge in [0.15, 0.2) is 5.69 Å². The maximum absolute atomic E-state index is 12.5. The van der Waals surface area contributed by atoms with Crippen LogP contribution in [0.15, 0.2) is 6.20 Å². The summed E-state index contributed by atoms with van der Waals surface area (Å²) in [7, 11) is 0. The van der Waals surface area contributed by atoms with Crippen molar-refractivity contribution in [1.29, 1.82) is 0 Å². The number of aromatic carboxylic acids is 1. The van der Waals surface area contributed by atoms with Crippen molar-refractivity contribution in [3.8, 4) is 0 Å². The van der Waals surface area contributed by atoms with Crippen molar-refractivity contribution in [3.05, 3.63) is 23.0 Å². The Morgan fingerprint density at radius 1 is 1.41 bits per heavy atom. The van der Waals surface area contributed by atoms with Crippen LogP contribution in [0.4, 0.5) is 27.6 Å². The highest BCUT2D eigenvalue weighted by molar-refractivity contribution is 5.92. The second-order valence-corrected chi connectivity index (χ2v) is 2.95. The van der Waals surface area contributed by atoms with Gasteiger partial charge in [0.25, 0.3) is 6.43 Å². The number of halogens is 5. The maximum atomic E-state index is 12.5. The van der Waals surface area contributed by atoms with E-state index in [9.17, 15) is 26.7 Å². The molecule has 0 aliphatic rings. The number of aromatic nitrogens is 1. The molecule has 9 heteroatoms. The van der Waals surface area contributed by atoms with Crippen LogP contribution in [0.2, 0.25) is 0 Å². The minimum Gasteiger partial charge on any atom is -0.478 e. The summed E-state index contributed by atoms with van der Waals surface area (Å²) in [6, 6.07) is 0. The van der Waals surface area contributed by atoms with Crippen LogP contribution in [0.1, 0.15) is 28.0 Å². The van der Waals surface area contributed by atoms with E-state index in [0.717, 1.165) is 0 Å². The Morgan fingerprint density at radius 2 is 1.94 bits per heavy atom. The van der Waals surface area contributed by atoms with Crippen molar-refractivity contribution in [1.82, 2.24) is 4.98 Å². The second-order valence-electron chi connectivity index (χ2n) is 2.95. The molecule has 0 amide bonds.